The van der Waals surface area contributed by atoms with Crippen molar-refractivity contribution in [3.05, 3.63) is 47.3 Å². The van der Waals surface area contributed by atoms with E-state index in [0.29, 0.717) is 11.3 Å². The van der Waals surface area contributed by atoms with Gasteiger partial charge in [0.2, 0.25) is 0 Å². The van der Waals surface area contributed by atoms with Crippen LogP contribution in [0, 0.1) is 0 Å². The Balaban J connectivity index is 2.00. The maximum Gasteiger partial charge on any atom is 0.325 e. The van der Waals surface area contributed by atoms with Crippen molar-refractivity contribution in [2.75, 3.05) is 5.32 Å². The molecule has 8 heteroatoms. The molecule has 24 heavy (non-hydrogen) atoms. The summed E-state index contributed by atoms with van der Waals surface area (Å²) < 4.78 is 0. The first-order valence-electron chi connectivity index (χ1n) is 7.40. The fraction of sp³-hybridized carbons (Fsp3) is 0.250. The van der Waals surface area contributed by atoms with Gasteiger partial charge in [0.05, 0.1) is 0 Å². The second-order valence-electron chi connectivity index (χ2n) is 5.20. The third-order valence-electron chi connectivity index (χ3n) is 3.37. The molecule has 0 bridgehead atoms. The zero-order valence-corrected chi connectivity index (χ0v) is 13.3. The zero-order valence-electron chi connectivity index (χ0n) is 13.3. The van der Waals surface area contributed by atoms with Gasteiger partial charge in [-0.25, -0.2) is 0 Å². The number of carboxylic acids is 1. The lowest BCUT2D eigenvalue weighted by Crippen LogP contribution is -2.38. The van der Waals surface area contributed by atoms with Gasteiger partial charge in [-0.2, -0.15) is 5.10 Å². The summed E-state index contributed by atoms with van der Waals surface area (Å²) in [4.78, 5) is 34.6. The van der Waals surface area contributed by atoms with Gasteiger partial charge in [-0.05, 0) is 43.7 Å². The van der Waals surface area contributed by atoms with E-state index < -0.39 is 17.9 Å². The predicted molar refractivity (Wildman–Crippen MR) is 86.9 cm³/mol. The van der Waals surface area contributed by atoms with Crippen molar-refractivity contribution in [3.8, 4) is 0 Å². The van der Waals surface area contributed by atoms with Crippen molar-refractivity contribution < 1.29 is 19.5 Å². The first-order chi connectivity index (χ1) is 11.4. The molecule has 0 aliphatic rings. The smallest absolute Gasteiger partial charge is 0.325 e. The van der Waals surface area contributed by atoms with Crippen molar-refractivity contribution in [2.45, 2.75) is 26.3 Å². The number of amides is 2. The molecule has 0 radical (unpaired) electrons. The molecule has 0 saturated heterocycles. The number of carbonyl (C=O) groups excluding carboxylic acids is 2. The Morgan fingerprint density at radius 1 is 1.21 bits per heavy atom. The topological polar surface area (TPSA) is 124 Å². The molecule has 0 saturated carbocycles. The van der Waals surface area contributed by atoms with E-state index in [1.54, 1.807) is 18.2 Å². The molecule has 2 amide bonds. The summed E-state index contributed by atoms with van der Waals surface area (Å²) in [5.41, 5.74) is 1.95. The normalized spacial score (nSPS) is 11.6. The van der Waals surface area contributed by atoms with E-state index in [9.17, 15) is 14.4 Å². The molecule has 0 fully saturated rings. The molecule has 126 valence electrons. The van der Waals surface area contributed by atoms with Crippen LogP contribution in [-0.2, 0) is 11.2 Å². The average Bonchev–Trinajstić information content (AvgIpc) is 3.04. The number of aromatic nitrogens is 2. The number of hydrogen-bond donors (Lipinski definition) is 4. The highest BCUT2D eigenvalue weighted by Crippen LogP contribution is 2.11. The first-order valence-corrected chi connectivity index (χ1v) is 7.40. The van der Waals surface area contributed by atoms with Crippen LogP contribution in [0.1, 0.15) is 40.4 Å². The van der Waals surface area contributed by atoms with Crippen LogP contribution in [0.5, 0.6) is 0 Å². The molecule has 0 aliphatic carbocycles. The molecular weight excluding hydrogens is 312 g/mol. The minimum absolute atomic E-state index is 0.281. The van der Waals surface area contributed by atoms with Gasteiger partial charge >= 0.3 is 5.97 Å². The van der Waals surface area contributed by atoms with Crippen LogP contribution in [0.3, 0.4) is 0 Å². The van der Waals surface area contributed by atoms with Crippen LogP contribution in [-0.4, -0.2) is 39.1 Å². The average molecular weight is 330 g/mol. The lowest BCUT2D eigenvalue weighted by atomic mass is 10.1. The van der Waals surface area contributed by atoms with E-state index in [-0.39, 0.29) is 11.6 Å². The molecule has 1 heterocycles. The Labute approximate surface area is 138 Å². The summed E-state index contributed by atoms with van der Waals surface area (Å²) in [6.07, 6.45) is 0.749. The van der Waals surface area contributed by atoms with Crippen LogP contribution in [0.15, 0.2) is 30.3 Å². The van der Waals surface area contributed by atoms with Gasteiger partial charge in [-0.15, -0.1) is 0 Å². The van der Waals surface area contributed by atoms with E-state index in [1.165, 1.54) is 19.1 Å². The van der Waals surface area contributed by atoms with Crippen molar-refractivity contribution in [1.29, 1.82) is 0 Å². The zero-order chi connectivity index (χ0) is 17.7. The van der Waals surface area contributed by atoms with Gasteiger partial charge in [-0.1, -0.05) is 6.92 Å². The molecule has 0 spiro atoms. The Kier molecular flexibility index (Phi) is 5.31. The summed E-state index contributed by atoms with van der Waals surface area (Å²) in [6.45, 7) is 3.33. The van der Waals surface area contributed by atoms with Crippen LogP contribution in [0.4, 0.5) is 5.69 Å². The predicted octanol–water partition coefficient (Wildman–Crippen LogP) is 1.43. The molecule has 2 aromatic rings. The van der Waals surface area contributed by atoms with E-state index in [1.807, 2.05) is 6.92 Å². The van der Waals surface area contributed by atoms with Gasteiger partial charge in [0.1, 0.15) is 6.04 Å². The molecule has 1 aromatic heterocycles. The molecule has 4 N–H and O–H groups in total. The highest BCUT2D eigenvalue weighted by molar-refractivity contribution is 6.03. The fourth-order valence-electron chi connectivity index (χ4n) is 1.90. The molecule has 1 aromatic carbocycles. The SMILES string of the molecule is CCc1cc(C(=O)Nc2ccc(C(=O)NC(C)C(=O)O)cc2)n[nH]1. The number of hydrogen-bond acceptors (Lipinski definition) is 4. The third kappa shape index (κ3) is 4.19. The lowest BCUT2D eigenvalue weighted by Gasteiger charge is -2.09. The number of aliphatic carboxylic acids is 1. The highest BCUT2D eigenvalue weighted by atomic mass is 16.4. The quantitative estimate of drug-likeness (QED) is 0.638. The number of aromatic amines is 1. The van der Waals surface area contributed by atoms with E-state index >= 15 is 0 Å². The van der Waals surface area contributed by atoms with Crippen LogP contribution >= 0.6 is 0 Å². The number of H-pyrrole nitrogens is 1. The number of carbonyl (C=O) groups is 3. The minimum atomic E-state index is -1.11. The number of nitrogens with zero attached hydrogens (tertiary/aromatic N) is 1. The first kappa shape index (κ1) is 17.2. The molecule has 2 rings (SSSR count). The second-order valence-corrected chi connectivity index (χ2v) is 5.20. The van der Waals surface area contributed by atoms with E-state index in [2.05, 4.69) is 20.8 Å². The highest BCUT2D eigenvalue weighted by Gasteiger charge is 2.15. The van der Waals surface area contributed by atoms with Crippen LogP contribution in [0.25, 0.3) is 0 Å². The van der Waals surface area contributed by atoms with Crippen molar-refractivity contribution in [2.24, 2.45) is 0 Å². The maximum absolute atomic E-state index is 12.0. The summed E-state index contributed by atoms with van der Waals surface area (Å²) in [5, 5.41) is 20.5. The van der Waals surface area contributed by atoms with E-state index in [4.69, 9.17) is 5.11 Å². The Hall–Kier alpha value is -3.16. The Morgan fingerprint density at radius 3 is 2.42 bits per heavy atom. The number of rotatable bonds is 6. The third-order valence-corrected chi connectivity index (χ3v) is 3.37. The Bertz CT molecular complexity index is 752. The van der Waals surface area contributed by atoms with Crippen molar-refractivity contribution >= 4 is 23.5 Å². The van der Waals surface area contributed by atoms with E-state index in [0.717, 1.165) is 12.1 Å². The molecule has 0 aliphatic heterocycles. The fourth-order valence-corrected chi connectivity index (χ4v) is 1.90. The van der Waals surface area contributed by atoms with Crippen molar-refractivity contribution in [1.82, 2.24) is 15.5 Å². The Morgan fingerprint density at radius 2 is 1.88 bits per heavy atom. The summed E-state index contributed by atoms with van der Waals surface area (Å²) in [7, 11) is 0. The van der Waals surface area contributed by atoms with Crippen molar-refractivity contribution in [3.63, 3.8) is 0 Å². The second kappa shape index (κ2) is 7.40. The summed E-state index contributed by atoms with van der Waals surface area (Å²) in [6, 6.07) is 6.81. The summed E-state index contributed by atoms with van der Waals surface area (Å²) in [5.74, 6) is -1.97. The summed E-state index contributed by atoms with van der Waals surface area (Å²) >= 11 is 0. The lowest BCUT2D eigenvalue weighted by molar-refractivity contribution is -0.138. The largest absolute Gasteiger partial charge is 0.480 e. The van der Waals surface area contributed by atoms with Crippen LogP contribution in [0.2, 0.25) is 0 Å². The molecule has 8 nitrogen and oxygen atoms in total. The number of anilines is 1. The number of nitrogens with one attached hydrogen (secondary N) is 3. The molecule has 1 atom stereocenters. The van der Waals surface area contributed by atoms with Gasteiger partial charge in [0.15, 0.2) is 5.69 Å². The van der Waals surface area contributed by atoms with Crippen LogP contribution < -0.4 is 10.6 Å². The maximum atomic E-state index is 12.0. The molecular formula is C16H18N4O4. The minimum Gasteiger partial charge on any atom is -0.480 e. The van der Waals surface area contributed by atoms with Gasteiger partial charge in [0.25, 0.3) is 11.8 Å². The monoisotopic (exact) mass is 330 g/mol. The number of aryl methyl sites for hydroxylation is 1. The van der Waals surface area contributed by atoms with Gasteiger partial charge < -0.3 is 15.7 Å². The molecule has 1 unspecified atom stereocenters. The van der Waals surface area contributed by atoms with Gasteiger partial charge in [-0.3, -0.25) is 19.5 Å². The number of carboxylic acid groups (broad SMARTS) is 1. The standard InChI is InChI=1S/C16H18N4O4/c1-3-11-8-13(20-19-11)15(22)18-12-6-4-10(5-7-12)14(21)17-9(2)16(23)24/h4-9H,3H2,1-2H3,(H,17,21)(H,18,22)(H,19,20)(H,23,24). The van der Waals surface area contributed by atoms with Gasteiger partial charge in [0, 0.05) is 16.9 Å². The number of benzene rings is 1.